The normalized spacial score (nSPS) is 27.4. The number of piperidine rings is 1. The first-order valence-corrected chi connectivity index (χ1v) is 8.78. The molecule has 0 aromatic carbocycles. The second kappa shape index (κ2) is 6.23. The van der Waals surface area contributed by atoms with Gasteiger partial charge in [0.2, 0.25) is 0 Å². The largest absolute Gasteiger partial charge is 0.387 e. The topological polar surface area (TPSA) is 34.5 Å². The smallest absolute Gasteiger partial charge is 0.184 e. The summed E-state index contributed by atoms with van der Waals surface area (Å²) in [6.45, 7) is 7.31. The summed E-state index contributed by atoms with van der Waals surface area (Å²) in [5.74, 6) is 0. The van der Waals surface area contributed by atoms with Crippen LogP contribution in [0.4, 0.5) is 0 Å². The maximum absolute atomic E-state index is 9.87. The fourth-order valence-electron chi connectivity index (χ4n) is 4.06. The van der Waals surface area contributed by atoms with Gasteiger partial charge in [-0.15, -0.1) is 0 Å². The Morgan fingerprint density at radius 3 is 2.52 bits per heavy atom. The number of quaternary nitrogens is 1. The van der Waals surface area contributed by atoms with Crippen molar-refractivity contribution in [3.63, 3.8) is 0 Å². The lowest BCUT2D eigenvalue weighted by molar-refractivity contribution is -0.930. The summed E-state index contributed by atoms with van der Waals surface area (Å²) in [6.07, 6.45) is 7.14. The molecule has 5 heteroatoms. The average molecular weight is 310 g/mol. The Balaban J connectivity index is 1.85. The van der Waals surface area contributed by atoms with E-state index in [1.165, 1.54) is 42.0 Å². The molecule has 2 fully saturated rings. The van der Waals surface area contributed by atoms with Crippen molar-refractivity contribution < 1.29 is 10.0 Å². The van der Waals surface area contributed by atoms with Crippen molar-refractivity contribution in [3.05, 3.63) is 16.2 Å². The van der Waals surface area contributed by atoms with Gasteiger partial charge in [0.15, 0.2) is 11.4 Å². The number of hydrogen-bond acceptors (Lipinski definition) is 2. The molecule has 1 aliphatic carbocycles. The third-order valence-corrected chi connectivity index (χ3v) is 5.81. The third kappa shape index (κ3) is 2.96. The van der Waals surface area contributed by atoms with E-state index in [4.69, 9.17) is 12.2 Å². The first kappa shape index (κ1) is 15.3. The van der Waals surface area contributed by atoms with E-state index in [9.17, 15) is 5.11 Å². The number of nitrogens with zero attached hydrogens (tertiary/aromatic N) is 2. The summed E-state index contributed by atoms with van der Waals surface area (Å²) < 4.78 is 5.69. The molecule has 3 rings (SSSR count). The van der Waals surface area contributed by atoms with E-state index in [0.717, 1.165) is 37.4 Å². The molecule has 1 saturated carbocycles. The molecule has 118 valence electrons. The van der Waals surface area contributed by atoms with Crippen LogP contribution in [-0.2, 0) is 6.67 Å². The van der Waals surface area contributed by atoms with Crippen LogP contribution in [0.1, 0.15) is 56.0 Å². The minimum atomic E-state index is -0.138. The number of aliphatic hydroxyl groups excluding tert-OH is 1. The highest BCUT2D eigenvalue weighted by Gasteiger charge is 2.25. The Bertz CT molecular complexity index is 557. The van der Waals surface area contributed by atoms with E-state index < -0.39 is 0 Å². The first-order valence-electron chi connectivity index (χ1n) is 8.37. The Hall–Kier alpha value is -0.650. The van der Waals surface area contributed by atoms with Crippen LogP contribution in [0.2, 0.25) is 0 Å². The van der Waals surface area contributed by atoms with Gasteiger partial charge in [-0.1, -0.05) is 12.8 Å². The Labute approximate surface area is 132 Å². The predicted molar refractivity (Wildman–Crippen MR) is 86.2 cm³/mol. The standard InChI is InChI=1S/C16H27N3OS/c1-12-13(2)19(14-6-3-4-7-14)16(21)18(12)11-17-9-5-8-15(20)10-17/h14-15,20H,3-11H2,1-2H3/p+1/t15-/m0/s1. The van der Waals surface area contributed by atoms with Crippen LogP contribution >= 0.6 is 12.2 Å². The highest BCUT2D eigenvalue weighted by Crippen LogP contribution is 2.32. The zero-order valence-electron chi connectivity index (χ0n) is 13.3. The fraction of sp³-hybridized carbons (Fsp3) is 0.812. The van der Waals surface area contributed by atoms with E-state index >= 15 is 0 Å². The Morgan fingerprint density at radius 1 is 1.14 bits per heavy atom. The van der Waals surface area contributed by atoms with Gasteiger partial charge in [-0.25, -0.2) is 0 Å². The number of aliphatic hydroxyl groups is 1. The zero-order valence-corrected chi connectivity index (χ0v) is 14.1. The van der Waals surface area contributed by atoms with Crippen molar-refractivity contribution in [1.29, 1.82) is 0 Å². The number of nitrogens with one attached hydrogen (secondary N) is 1. The SMILES string of the molecule is Cc1c(C)n(C2CCCC2)c(=S)n1C[NH+]1CCC[C@H](O)C1. The number of rotatable bonds is 3. The molecule has 2 heterocycles. The number of imidazole rings is 1. The number of aromatic nitrogens is 2. The van der Waals surface area contributed by atoms with Crippen molar-refractivity contribution in [2.45, 2.75) is 71.2 Å². The van der Waals surface area contributed by atoms with Crippen LogP contribution in [0.15, 0.2) is 0 Å². The van der Waals surface area contributed by atoms with Crippen LogP contribution in [-0.4, -0.2) is 33.4 Å². The fourth-order valence-corrected chi connectivity index (χ4v) is 4.55. The lowest BCUT2D eigenvalue weighted by Crippen LogP contribution is -3.13. The van der Waals surface area contributed by atoms with Crippen molar-refractivity contribution >= 4 is 12.2 Å². The van der Waals surface area contributed by atoms with Crippen LogP contribution < -0.4 is 4.90 Å². The molecule has 0 spiro atoms. The molecule has 0 radical (unpaired) electrons. The molecule has 4 nitrogen and oxygen atoms in total. The lowest BCUT2D eigenvalue weighted by Gasteiger charge is -2.27. The molecule has 0 amide bonds. The highest BCUT2D eigenvalue weighted by atomic mass is 32.1. The third-order valence-electron chi connectivity index (χ3n) is 5.39. The van der Waals surface area contributed by atoms with Gasteiger partial charge in [0.1, 0.15) is 12.6 Å². The van der Waals surface area contributed by atoms with Crippen molar-refractivity contribution in [3.8, 4) is 0 Å². The Morgan fingerprint density at radius 2 is 1.86 bits per heavy atom. The maximum atomic E-state index is 9.87. The molecule has 2 atom stereocenters. The summed E-state index contributed by atoms with van der Waals surface area (Å²) in [6, 6.07) is 0.611. The molecular formula is C16H28N3OS+. The van der Waals surface area contributed by atoms with Gasteiger partial charge in [0, 0.05) is 17.4 Å². The Kier molecular flexibility index (Phi) is 4.52. The van der Waals surface area contributed by atoms with Gasteiger partial charge in [0.25, 0.3) is 0 Å². The van der Waals surface area contributed by atoms with Crippen LogP contribution in [0, 0.1) is 18.6 Å². The molecule has 1 saturated heterocycles. The molecule has 0 bridgehead atoms. The summed E-state index contributed by atoms with van der Waals surface area (Å²) in [7, 11) is 0. The quantitative estimate of drug-likeness (QED) is 0.834. The minimum absolute atomic E-state index is 0.138. The molecule has 1 aliphatic heterocycles. The molecule has 1 unspecified atom stereocenters. The predicted octanol–water partition coefficient (Wildman–Crippen LogP) is 1.75. The number of likely N-dealkylation sites (tertiary alicyclic amines) is 1. The average Bonchev–Trinajstić information content (AvgIpc) is 3.03. The monoisotopic (exact) mass is 310 g/mol. The molecule has 21 heavy (non-hydrogen) atoms. The molecular weight excluding hydrogens is 282 g/mol. The van der Waals surface area contributed by atoms with Crippen LogP contribution in [0.3, 0.4) is 0 Å². The zero-order chi connectivity index (χ0) is 15.0. The van der Waals surface area contributed by atoms with E-state index in [-0.39, 0.29) is 6.10 Å². The van der Waals surface area contributed by atoms with Gasteiger partial charge in [-0.3, -0.25) is 4.57 Å². The molecule has 1 aromatic rings. The van der Waals surface area contributed by atoms with Gasteiger partial charge < -0.3 is 14.6 Å². The molecule has 1 aromatic heterocycles. The first-order chi connectivity index (χ1) is 10.1. The number of hydrogen-bond donors (Lipinski definition) is 2. The summed E-state index contributed by atoms with van der Waals surface area (Å²) >= 11 is 5.78. The minimum Gasteiger partial charge on any atom is -0.387 e. The van der Waals surface area contributed by atoms with Gasteiger partial charge in [0.05, 0.1) is 6.54 Å². The van der Waals surface area contributed by atoms with Gasteiger partial charge >= 0.3 is 0 Å². The maximum Gasteiger partial charge on any atom is 0.184 e. The second-order valence-electron chi connectivity index (χ2n) is 6.85. The van der Waals surface area contributed by atoms with Crippen LogP contribution in [0.25, 0.3) is 0 Å². The van der Waals surface area contributed by atoms with E-state index in [1.54, 1.807) is 0 Å². The second-order valence-corrected chi connectivity index (χ2v) is 7.21. The van der Waals surface area contributed by atoms with Gasteiger partial charge in [-0.2, -0.15) is 0 Å². The molecule has 2 N–H and O–H groups in total. The lowest BCUT2D eigenvalue weighted by atomic mass is 10.1. The van der Waals surface area contributed by atoms with Gasteiger partial charge in [-0.05, 0) is 51.7 Å². The molecule has 2 aliphatic rings. The highest BCUT2D eigenvalue weighted by molar-refractivity contribution is 7.71. The van der Waals surface area contributed by atoms with E-state index in [1.807, 2.05) is 0 Å². The van der Waals surface area contributed by atoms with Crippen molar-refractivity contribution in [2.24, 2.45) is 0 Å². The van der Waals surface area contributed by atoms with Crippen molar-refractivity contribution in [2.75, 3.05) is 13.1 Å². The summed E-state index contributed by atoms with van der Waals surface area (Å²) in [5.41, 5.74) is 2.64. The summed E-state index contributed by atoms with van der Waals surface area (Å²) in [4.78, 5) is 1.46. The van der Waals surface area contributed by atoms with E-state index in [2.05, 4.69) is 23.0 Å². The van der Waals surface area contributed by atoms with Crippen molar-refractivity contribution in [1.82, 2.24) is 9.13 Å². The summed E-state index contributed by atoms with van der Waals surface area (Å²) in [5, 5.41) is 9.87. The van der Waals surface area contributed by atoms with E-state index in [0.29, 0.717) is 6.04 Å². The van der Waals surface area contributed by atoms with Crippen LogP contribution in [0.5, 0.6) is 0 Å².